The molecule has 0 aromatic carbocycles. The molecule has 8 heteroatoms. The minimum Gasteiger partial charge on any atom is -0.315 e. The number of piperidine rings is 1. The molecule has 134 valence electrons. The first-order valence-electron chi connectivity index (χ1n) is 8.94. The molecular formula is C19H17N7O. The third-order valence-electron chi connectivity index (χ3n) is 5.13. The Hall–Kier alpha value is -3.44. The predicted molar refractivity (Wildman–Crippen MR) is 100 cm³/mol. The van der Waals surface area contributed by atoms with Gasteiger partial charge in [-0.3, -0.25) is 4.57 Å². The van der Waals surface area contributed by atoms with E-state index in [0.29, 0.717) is 11.2 Å². The highest BCUT2D eigenvalue weighted by Crippen LogP contribution is 2.26. The fourth-order valence-corrected chi connectivity index (χ4v) is 3.79. The van der Waals surface area contributed by atoms with Crippen LogP contribution >= 0.6 is 0 Å². The second-order valence-corrected chi connectivity index (χ2v) is 6.78. The van der Waals surface area contributed by atoms with Crippen LogP contribution in [0.2, 0.25) is 0 Å². The summed E-state index contributed by atoms with van der Waals surface area (Å²) in [6.45, 7) is 1.75. The number of nitrogens with one attached hydrogen (secondary N) is 2. The maximum Gasteiger partial charge on any atom is 0.327 e. The summed E-state index contributed by atoms with van der Waals surface area (Å²) in [6, 6.07) is 9.52. The van der Waals surface area contributed by atoms with Crippen molar-refractivity contribution in [1.82, 2.24) is 29.5 Å². The lowest BCUT2D eigenvalue weighted by Crippen LogP contribution is -2.35. The molecule has 8 nitrogen and oxygen atoms in total. The first kappa shape index (κ1) is 15.8. The Balaban J connectivity index is 1.69. The van der Waals surface area contributed by atoms with Gasteiger partial charge in [0.05, 0.1) is 40.6 Å². The first-order valence-corrected chi connectivity index (χ1v) is 8.94. The summed E-state index contributed by atoms with van der Waals surface area (Å²) in [6.07, 6.45) is 5.49. The Labute approximate surface area is 154 Å². The van der Waals surface area contributed by atoms with E-state index < -0.39 is 0 Å². The van der Waals surface area contributed by atoms with E-state index >= 15 is 0 Å². The quantitative estimate of drug-likeness (QED) is 0.568. The summed E-state index contributed by atoms with van der Waals surface area (Å²) < 4.78 is 3.48. The van der Waals surface area contributed by atoms with Crippen LogP contribution in [0.1, 0.15) is 24.4 Å². The van der Waals surface area contributed by atoms with Gasteiger partial charge in [-0.15, -0.1) is 0 Å². The number of aromatic amines is 1. The molecule has 1 atom stereocenters. The minimum absolute atomic E-state index is 0.0943. The van der Waals surface area contributed by atoms with E-state index in [1.165, 1.54) is 0 Å². The number of aromatic nitrogens is 5. The Bertz CT molecular complexity index is 1250. The molecule has 4 aromatic heterocycles. The molecule has 0 bridgehead atoms. The van der Waals surface area contributed by atoms with Crippen LogP contribution in [0.15, 0.2) is 41.5 Å². The lowest BCUT2D eigenvalue weighted by molar-refractivity contribution is 0.370. The Morgan fingerprint density at radius 1 is 1.30 bits per heavy atom. The van der Waals surface area contributed by atoms with Crippen LogP contribution in [-0.4, -0.2) is 37.2 Å². The van der Waals surface area contributed by atoms with Crippen LogP contribution in [0.4, 0.5) is 0 Å². The lowest BCUT2D eigenvalue weighted by atomic mass is 10.1. The molecule has 2 N–H and O–H groups in total. The Morgan fingerprint density at radius 3 is 3.04 bits per heavy atom. The Morgan fingerprint density at radius 2 is 2.22 bits per heavy atom. The average molecular weight is 359 g/mol. The highest BCUT2D eigenvalue weighted by Gasteiger charge is 2.21. The van der Waals surface area contributed by atoms with Crippen molar-refractivity contribution in [1.29, 1.82) is 5.26 Å². The molecule has 0 spiro atoms. The van der Waals surface area contributed by atoms with Gasteiger partial charge in [0.2, 0.25) is 0 Å². The number of hydrogen-bond donors (Lipinski definition) is 2. The van der Waals surface area contributed by atoms with Crippen molar-refractivity contribution in [3.05, 3.63) is 52.7 Å². The number of pyridine rings is 2. The molecule has 0 radical (unpaired) electrons. The largest absolute Gasteiger partial charge is 0.327 e. The second-order valence-electron chi connectivity index (χ2n) is 6.78. The summed E-state index contributed by atoms with van der Waals surface area (Å²) in [5.41, 5.74) is 4.18. The second kappa shape index (κ2) is 6.07. The molecule has 1 saturated heterocycles. The van der Waals surface area contributed by atoms with Gasteiger partial charge in [-0.25, -0.2) is 14.3 Å². The fraction of sp³-hybridized carbons (Fsp3) is 0.263. The van der Waals surface area contributed by atoms with E-state index in [4.69, 9.17) is 4.98 Å². The van der Waals surface area contributed by atoms with Crippen molar-refractivity contribution in [2.45, 2.75) is 18.9 Å². The fourth-order valence-electron chi connectivity index (χ4n) is 3.79. The van der Waals surface area contributed by atoms with E-state index in [0.717, 1.165) is 48.2 Å². The van der Waals surface area contributed by atoms with Crippen molar-refractivity contribution < 1.29 is 0 Å². The zero-order chi connectivity index (χ0) is 18.4. The van der Waals surface area contributed by atoms with E-state index in [1.54, 1.807) is 33.6 Å². The van der Waals surface area contributed by atoms with Crippen LogP contribution in [0.3, 0.4) is 0 Å². The third kappa shape index (κ3) is 2.52. The van der Waals surface area contributed by atoms with Gasteiger partial charge in [-0.05, 0) is 43.7 Å². The smallest absolute Gasteiger partial charge is 0.315 e. The van der Waals surface area contributed by atoms with Gasteiger partial charge in [0.15, 0.2) is 5.65 Å². The zero-order valence-electron chi connectivity index (χ0n) is 14.5. The third-order valence-corrected chi connectivity index (χ3v) is 5.13. The summed E-state index contributed by atoms with van der Waals surface area (Å²) in [7, 11) is 0. The molecule has 27 heavy (non-hydrogen) atoms. The van der Waals surface area contributed by atoms with Gasteiger partial charge in [-0.1, -0.05) is 0 Å². The molecule has 1 aliphatic heterocycles. The molecular weight excluding hydrogens is 342 g/mol. The van der Waals surface area contributed by atoms with Crippen LogP contribution in [0.25, 0.3) is 27.9 Å². The number of nitrogens with zero attached hydrogens (tertiary/aromatic N) is 5. The lowest BCUT2D eigenvalue weighted by Gasteiger charge is -2.23. The highest BCUT2D eigenvalue weighted by atomic mass is 16.1. The van der Waals surface area contributed by atoms with Crippen molar-refractivity contribution in [3.8, 4) is 17.3 Å². The van der Waals surface area contributed by atoms with Gasteiger partial charge >= 0.3 is 5.69 Å². The number of imidazole rings is 1. The van der Waals surface area contributed by atoms with Crippen LogP contribution in [-0.2, 0) is 0 Å². The maximum atomic E-state index is 12.5. The Kier molecular flexibility index (Phi) is 3.55. The molecule has 5 rings (SSSR count). The summed E-state index contributed by atoms with van der Waals surface area (Å²) in [5, 5.41) is 16.9. The van der Waals surface area contributed by atoms with E-state index in [2.05, 4.69) is 21.5 Å². The number of fused-ring (bicyclic) bond motifs is 2. The zero-order valence-corrected chi connectivity index (χ0v) is 14.5. The average Bonchev–Trinajstić information content (AvgIpc) is 3.27. The van der Waals surface area contributed by atoms with Crippen LogP contribution < -0.4 is 11.0 Å². The molecule has 1 fully saturated rings. The van der Waals surface area contributed by atoms with Crippen LogP contribution in [0, 0.1) is 11.3 Å². The van der Waals surface area contributed by atoms with Crippen molar-refractivity contribution in [3.63, 3.8) is 0 Å². The van der Waals surface area contributed by atoms with Gasteiger partial charge in [-0.2, -0.15) is 10.4 Å². The molecule has 5 heterocycles. The molecule has 0 unspecified atom stereocenters. The number of nitriles is 1. The number of rotatable bonds is 2. The van der Waals surface area contributed by atoms with Crippen molar-refractivity contribution in [2.24, 2.45) is 0 Å². The normalized spacial score (nSPS) is 17.4. The maximum absolute atomic E-state index is 12.5. The molecule has 4 aromatic rings. The van der Waals surface area contributed by atoms with Gasteiger partial charge in [0.25, 0.3) is 0 Å². The summed E-state index contributed by atoms with van der Waals surface area (Å²) in [5.74, 6) is 0. The molecule has 1 aliphatic rings. The van der Waals surface area contributed by atoms with Crippen molar-refractivity contribution >= 4 is 16.7 Å². The highest BCUT2D eigenvalue weighted by molar-refractivity contribution is 5.82. The molecule has 0 aliphatic carbocycles. The van der Waals surface area contributed by atoms with Gasteiger partial charge in [0, 0.05) is 18.3 Å². The molecule has 0 amide bonds. The SMILES string of the molecule is N#Cc1ccn2ncc(-c3ccc4[nH]c(=O)n([C@H]5CCCNC5)c4n3)c2c1. The van der Waals surface area contributed by atoms with Crippen LogP contribution in [0.5, 0.6) is 0 Å². The van der Waals surface area contributed by atoms with E-state index in [-0.39, 0.29) is 11.7 Å². The monoisotopic (exact) mass is 359 g/mol. The minimum atomic E-state index is -0.130. The number of hydrogen-bond acceptors (Lipinski definition) is 5. The van der Waals surface area contributed by atoms with Crippen molar-refractivity contribution in [2.75, 3.05) is 13.1 Å². The topological polar surface area (TPSA) is 104 Å². The van der Waals surface area contributed by atoms with Gasteiger partial charge < -0.3 is 10.3 Å². The standard InChI is InChI=1S/C19H17N7O/c20-9-12-5-7-25-17(8-12)14(11-22-25)15-3-4-16-18(23-15)26(19(27)24-16)13-2-1-6-21-10-13/h3-5,7-8,11,13,21H,1-2,6,10H2,(H,24,27)/t13-/m0/s1. The number of H-pyrrole nitrogens is 1. The first-order chi connectivity index (χ1) is 13.2. The van der Waals surface area contributed by atoms with Gasteiger partial charge in [0.1, 0.15) is 0 Å². The summed E-state index contributed by atoms with van der Waals surface area (Å²) in [4.78, 5) is 20.2. The molecule has 0 saturated carbocycles. The summed E-state index contributed by atoms with van der Waals surface area (Å²) >= 11 is 0. The van der Waals surface area contributed by atoms with E-state index in [9.17, 15) is 10.1 Å². The predicted octanol–water partition coefficient (Wildman–Crippen LogP) is 1.84. The van der Waals surface area contributed by atoms with E-state index in [1.807, 2.05) is 12.1 Å².